The van der Waals surface area contributed by atoms with Gasteiger partial charge in [0.15, 0.2) is 11.6 Å². The Bertz CT molecular complexity index is 784. The molecule has 0 unspecified atom stereocenters. The quantitative estimate of drug-likeness (QED) is 0.750. The number of carbonyl (C=O) groups is 1. The maximum absolute atomic E-state index is 12.5. The second-order valence-corrected chi connectivity index (χ2v) is 7.18. The molecule has 0 radical (unpaired) electrons. The Kier molecular flexibility index (Phi) is 8.69. The van der Waals surface area contributed by atoms with Gasteiger partial charge in [0.25, 0.3) is 0 Å². The Hall–Kier alpha value is -2.16. The highest BCUT2D eigenvalue weighted by molar-refractivity contribution is 7.97. The summed E-state index contributed by atoms with van der Waals surface area (Å²) in [5.74, 6) is -1.64. The van der Waals surface area contributed by atoms with Crippen molar-refractivity contribution in [3.63, 3.8) is 0 Å². The van der Waals surface area contributed by atoms with E-state index >= 15 is 0 Å². The lowest BCUT2D eigenvalue weighted by Crippen LogP contribution is -2.35. The molecule has 1 aliphatic rings. The van der Waals surface area contributed by atoms with Crippen LogP contribution in [0.25, 0.3) is 0 Å². The van der Waals surface area contributed by atoms with Crippen LogP contribution in [0.15, 0.2) is 47.4 Å². The van der Waals surface area contributed by atoms with E-state index < -0.39 is 11.6 Å². The molecule has 28 heavy (non-hydrogen) atoms. The second kappa shape index (κ2) is 11.0. The van der Waals surface area contributed by atoms with E-state index in [-0.39, 0.29) is 17.6 Å². The minimum atomic E-state index is -0.940. The number of rotatable bonds is 4. The number of methoxy groups -OCH3 is 1. The molecule has 152 valence electrons. The van der Waals surface area contributed by atoms with Gasteiger partial charge in [-0.1, -0.05) is 12.1 Å². The standard InChI is InChI=1S/C13H19N3OS.C7H6F2O/c1-16-7-5-10(6-8-16)13(17)15-11-3-2-4-12(9-11)18-14;1-10-6-4-2-3-5(8)7(6)9/h2-4,9-10H,5-8,14H2,1H3,(H,15,17);2-4H,1H3. The number of hydrogen-bond acceptors (Lipinski definition) is 5. The van der Waals surface area contributed by atoms with Crippen LogP contribution in [-0.2, 0) is 4.79 Å². The van der Waals surface area contributed by atoms with Crippen LogP contribution in [0.3, 0.4) is 0 Å². The first-order valence-electron chi connectivity index (χ1n) is 8.88. The molecule has 1 aliphatic heterocycles. The van der Waals surface area contributed by atoms with E-state index in [1.807, 2.05) is 24.3 Å². The molecule has 0 saturated carbocycles. The van der Waals surface area contributed by atoms with Gasteiger partial charge in [-0.05, 0) is 75.3 Å². The largest absolute Gasteiger partial charge is 0.494 e. The van der Waals surface area contributed by atoms with Crippen LogP contribution in [0, 0.1) is 17.6 Å². The van der Waals surface area contributed by atoms with Crippen LogP contribution in [0.5, 0.6) is 5.75 Å². The molecular weight excluding hydrogens is 384 g/mol. The van der Waals surface area contributed by atoms with Crippen LogP contribution < -0.4 is 15.2 Å². The zero-order valence-corrected chi connectivity index (χ0v) is 16.8. The number of anilines is 1. The Labute approximate surface area is 168 Å². The predicted molar refractivity (Wildman–Crippen MR) is 108 cm³/mol. The molecule has 0 atom stereocenters. The van der Waals surface area contributed by atoms with Crippen molar-refractivity contribution in [1.82, 2.24) is 4.90 Å². The predicted octanol–water partition coefficient (Wildman–Crippen LogP) is 3.91. The van der Waals surface area contributed by atoms with Crippen molar-refractivity contribution in [2.24, 2.45) is 11.1 Å². The van der Waals surface area contributed by atoms with Gasteiger partial charge in [0, 0.05) is 16.5 Å². The van der Waals surface area contributed by atoms with Crippen molar-refractivity contribution < 1.29 is 18.3 Å². The fraction of sp³-hybridized carbons (Fsp3) is 0.350. The van der Waals surface area contributed by atoms with Gasteiger partial charge in [-0.2, -0.15) is 4.39 Å². The number of hydrogen-bond donors (Lipinski definition) is 2. The highest BCUT2D eigenvalue weighted by atomic mass is 32.2. The third-order valence-corrected chi connectivity index (χ3v) is 4.99. The van der Waals surface area contributed by atoms with Crippen molar-refractivity contribution in [3.8, 4) is 5.75 Å². The van der Waals surface area contributed by atoms with E-state index in [9.17, 15) is 13.6 Å². The Morgan fingerprint density at radius 3 is 2.50 bits per heavy atom. The second-order valence-electron chi connectivity index (χ2n) is 6.47. The van der Waals surface area contributed by atoms with Gasteiger partial charge in [-0.25, -0.2) is 4.39 Å². The van der Waals surface area contributed by atoms with Gasteiger partial charge in [-0.15, -0.1) is 0 Å². The van der Waals surface area contributed by atoms with Crippen LogP contribution in [0.2, 0.25) is 0 Å². The van der Waals surface area contributed by atoms with Crippen molar-refractivity contribution in [1.29, 1.82) is 0 Å². The van der Waals surface area contributed by atoms with E-state index in [1.54, 1.807) is 0 Å². The van der Waals surface area contributed by atoms with Gasteiger partial charge in [-0.3, -0.25) is 9.93 Å². The summed E-state index contributed by atoms with van der Waals surface area (Å²) in [6.45, 7) is 1.99. The molecule has 1 amide bonds. The van der Waals surface area contributed by atoms with Crippen molar-refractivity contribution in [2.45, 2.75) is 17.7 Å². The first kappa shape index (κ1) is 22.1. The third-order valence-electron chi connectivity index (χ3n) is 4.46. The average Bonchev–Trinajstić information content (AvgIpc) is 2.71. The molecule has 0 bridgehead atoms. The normalized spacial score (nSPS) is 14.8. The summed E-state index contributed by atoms with van der Waals surface area (Å²) in [4.78, 5) is 15.3. The summed E-state index contributed by atoms with van der Waals surface area (Å²) >= 11 is 1.19. The molecule has 5 nitrogen and oxygen atoms in total. The molecule has 1 saturated heterocycles. The number of nitrogens with two attached hydrogens (primary N) is 1. The third kappa shape index (κ3) is 6.47. The van der Waals surface area contributed by atoms with Crippen molar-refractivity contribution >= 4 is 23.5 Å². The minimum Gasteiger partial charge on any atom is -0.494 e. The zero-order valence-electron chi connectivity index (χ0n) is 16.0. The monoisotopic (exact) mass is 409 g/mol. The number of nitrogens with zero attached hydrogens (tertiary/aromatic N) is 1. The summed E-state index contributed by atoms with van der Waals surface area (Å²) in [7, 11) is 3.38. The average molecular weight is 410 g/mol. The highest BCUT2D eigenvalue weighted by Crippen LogP contribution is 2.21. The molecular formula is C20H25F2N3O2S. The molecule has 2 aromatic rings. The Balaban J connectivity index is 0.000000237. The summed E-state index contributed by atoms with van der Waals surface area (Å²) in [5, 5.41) is 8.48. The van der Waals surface area contributed by atoms with Gasteiger partial charge < -0.3 is 15.0 Å². The van der Waals surface area contributed by atoms with Crippen LogP contribution in [0.4, 0.5) is 14.5 Å². The van der Waals surface area contributed by atoms with E-state index in [1.165, 1.54) is 31.2 Å². The highest BCUT2D eigenvalue weighted by Gasteiger charge is 2.23. The summed E-state index contributed by atoms with van der Waals surface area (Å²) in [6, 6.07) is 11.4. The van der Waals surface area contributed by atoms with E-state index in [0.717, 1.165) is 42.6 Å². The number of amides is 1. The number of ether oxygens (including phenoxy) is 1. The maximum atomic E-state index is 12.5. The fourth-order valence-electron chi connectivity index (χ4n) is 2.80. The molecule has 1 fully saturated rings. The smallest absolute Gasteiger partial charge is 0.227 e. The summed E-state index contributed by atoms with van der Waals surface area (Å²) in [5.41, 5.74) is 0.828. The molecule has 2 aromatic carbocycles. The lowest BCUT2D eigenvalue weighted by molar-refractivity contribution is -0.121. The molecule has 3 N–H and O–H groups in total. The Morgan fingerprint density at radius 2 is 1.89 bits per heavy atom. The number of carbonyl (C=O) groups excluding carboxylic acids is 1. The molecule has 1 heterocycles. The van der Waals surface area contributed by atoms with Gasteiger partial charge in [0.2, 0.25) is 11.7 Å². The number of halogens is 2. The first-order chi connectivity index (χ1) is 13.4. The molecule has 0 aromatic heterocycles. The summed E-state index contributed by atoms with van der Waals surface area (Å²) in [6.07, 6.45) is 1.88. The molecule has 0 aliphatic carbocycles. The first-order valence-corrected chi connectivity index (χ1v) is 9.76. The van der Waals surface area contributed by atoms with Crippen molar-refractivity contribution in [3.05, 3.63) is 54.1 Å². The zero-order chi connectivity index (χ0) is 20.5. The maximum Gasteiger partial charge on any atom is 0.227 e. The number of piperidine rings is 1. The summed E-state index contributed by atoms with van der Waals surface area (Å²) < 4.78 is 29.3. The number of benzene rings is 2. The molecule has 0 spiro atoms. The van der Waals surface area contributed by atoms with Gasteiger partial charge >= 0.3 is 0 Å². The van der Waals surface area contributed by atoms with E-state index in [0.29, 0.717) is 0 Å². The van der Waals surface area contributed by atoms with Crippen LogP contribution >= 0.6 is 11.9 Å². The van der Waals surface area contributed by atoms with Gasteiger partial charge in [0.1, 0.15) is 0 Å². The van der Waals surface area contributed by atoms with E-state index in [4.69, 9.17) is 5.14 Å². The van der Waals surface area contributed by atoms with Crippen LogP contribution in [-0.4, -0.2) is 38.1 Å². The molecule has 8 heteroatoms. The topological polar surface area (TPSA) is 67.6 Å². The van der Waals surface area contributed by atoms with Gasteiger partial charge in [0.05, 0.1) is 7.11 Å². The lowest BCUT2D eigenvalue weighted by Gasteiger charge is -2.28. The van der Waals surface area contributed by atoms with Crippen molar-refractivity contribution in [2.75, 3.05) is 32.6 Å². The fourth-order valence-corrected chi connectivity index (χ4v) is 3.16. The minimum absolute atomic E-state index is 0.0694. The number of likely N-dealkylation sites (tertiary alicyclic amines) is 1. The lowest BCUT2D eigenvalue weighted by atomic mass is 9.96. The number of nitrogens with one attached hydrogen (secondary N) is 1. The Morgan fingerprint density at radius 1 is 1.21 bits per heavy atom. The van der Waals surface area contributed by atoms with E-state index in [2.05, 4.69) is 22.0 Å². The molecule has 3 rings (SSSR count). The SMILES string of the molecule is CN1CCC(C(=O)Nc2cccc(SN)c2)CC1.COc1cccc(F)c1F. The van der Waals surface area contributed by atoms with Crippen LogP contribution in [0.1, 0.15) is 12.8 Å².